The maximum atomic E-state index is 4.39. The maximum Gasteiger partial charge on any atom is 0.0940 e. The number of hydrogen-bond acceptors (Lipinski definition) is 3. The molecule has 0 spiro atoms. The van der Waals surface area contributed by atoms with Gasteiger partial charge in [0.15, 0.2) is 0 Å². The predicted octanol–water partition coefficient (Wildman–Crippen LogP) is 3.10. The van der Waals surface area contributed by atoms with Gasteiger partial charge in [-0.05, 0) is 31.7 Å². The molecular formula is C13H22N2S. The third-order valence-electron chi connectivity index (χ3n) is 3.98. The Morgan fingerprint density at radius 3 is 3.00 bits per heavy atom. The Morgan fingerprint density at radius 1 is 1.56 bits per heavy atom. The molecule has 0 aliphatic heterocycles. The van der Waals surface area contributed by atoms with Crippen molar-refractivity contribution in [3.05, 3.63) is 16.6 Å². The van der Waals surface area contributed by atoms with Gasteiger partial charge in [0.25, 0.3) is 0 Å². The fraction of sp³-hybridized carbons (Fsp3) is 0.769. The summed E-state index contributed by atoms with van der Waals surface area (Å²) in [5.41, 5.74) is 0. The van der Waals surface area contributed by atoms with Crippen molar-refractivity contribution < 1.29 is 0 Å². The Morgan fingerprint density at radius 2 is 2.44 bits per heavy atom. The van der Waals surface area contributed by atoms with Crippen molar-refractivity contribution in [3.63, 3.8) is 0 Å². The molecule has 1 aromatic rings. The van der Waals surface area contributed by atoms with Gasteiger partial charge in [0.05, 0.1) is 5.01 Å². The molecule has 3 heteroatoms. The Labute approximate surface area is 102 Å². The summed E-state index contributed by atoms with van der Waals surface area (Å²) in [6.45, 7) is 2.32. The SMILES string of the molecule is CCC1CCC(C(Cc2nccs2)NC)C1. The van der Waals surface area contributed by atoms with E-state index in [0.29, 0.717) is 6.04 Å². The molecule has 0 aromatic carbocycles. The van der Waals surface area contributed by atoms with Gasteiger partial charge in [0.1, 0.15) is 0 Å². The first-order valence-electron chi connectivity index (χ1n) is 6.39. The second-order valence-electron chi connectivity index (χ2n) is 4.87. The molecule has 1 aromatic heterocycles. The molecule has 1 aliphatic carbocycles. The third kappa shape index (κ3) is 2.83. The van der Waals surface area contributed by atoms with Crippen molar-refractivity contribution in [2.45, 2.75) is 45.1 Å². The first kappa shape index (κ1) is 12.1. The highest BCUT2D eigenvalue weighted by atomic mass is 32.1. The van der Waals surface area contributed by atoms with Crippen molar-refractivity contribution in [2.75, 3.05) is 7.05 Å². The van der Waals surface area contributed by atoms with Crippen LogP contribution in [0.2, 0.25) is 0 Å². The highest BCUT2D eigenvalue weighted by molar-refractivity contribution is 7.09. The first-order chi connectivity index (χ1) is 7.83. The summed E-state index contributed by atoms with van der Waals surface area (Å²) in [5.74, 6) is 1.83. The molecule has 0 radical (unpaired) electrons. The Kier molecular flexibility index (Phi) is 4.36. The number of thiazole rings is 1. The summed E-state index contributed by atoms with van der Waals surface area (Å²) in [5, 5.41) is 6.85. The molecule has 1 saturated carbocycles. The molecule has 1 aliphatic rings. The van der Waals surface area contributed by atoms with Crippen LogP contribution < -0.4 is 5.32 Å². The molecule has 2 nitrogen and oxygen atoms in total. The van der Waals surface area contributed by atoms with Crippen LogP contribution in [-0.4, -0.2) is 18.1 Å². The molecule has 1 heterocycles. The van der Waals surface area contributed by atoms with Gasteiger partial charge >= 0.3 is 0 Å². The normalized spacial score (nSPS) is 27.1. The van der Waals surface area contributed by atoms with Gasteiger partial charge in [-0.15, -0.1) is 11.3 Å². The van der Waals surface area contributed by atoms with Crippen LogP contribution in [-0.2, 0) is 6.42 Å². The van der Waals surface area contributed by atoms with Crippen LogP contribution in [0.1, 0.15) is 37.6 Å². The van der Waals surface area contributed by atoms with Crippen LogP contribution in [0, 0.1) is 11.8 Å². The number of likely N-dealkylation sites (N-methyl/N-ethyl adjacent to an activating group) is 1. The van der Waals surface area contributed by atoms with E-state index in [2.05, 4.69) is 29.7 Å². The lowest BCUT2D eigenvalue weighted by molar-refractivity contribution is 0.361. The van der Waals surface area contributed by atoms with Crippen molar-refractivity contribution in [2.24, 2.45) is 11.8 Å². The number of nitrogens with one attached hydrogen (secondary N) is 1. The molecule has 0 amide bonds. The molecule has 90 valence electrons. The lowest BCUT2D eigenvalue weighted by Gasteiger charge is -2.22. The Bertz CT molecular complexity index is 297. The minimum Gasteiger partial charge on any atom is -0.316 e. The second-order valence-corrected chi connectivity index (χ2v) is 5.85. The molecule has 1 fully saturated rings. The van der Waals surface area contributed by atoms with E-state index in [1.165, 1.54) is 30.7 Å². The van der Waals surface area contributed by atoms with E-state index in [4.69, 9.17) is 0 Å². The summed E-state index contributed by atoms with van der Waals surface area (Å²) < 4.78 is 0. The van der Waals surface area contributed by atoms with Gasteiger partial charge in [-0.25, -0.2) is 4.98 Å². The number of nitrogens with zero attached hydrogens (tertiary/aromatic N) is 1. The summed E-state index contributed by atoms with van der Waals surface area (Å²) >= 11 is 1.78. The number of aromatic nitrogens is 1. The van der Waals surface area contributed by atoms with Crippen LogP contribution in [0.15, 0.2) is 11.6 Å². The molecule has 1 N–H and O–H groups in total. The second kappa shape index (κ2) is 5.78. The molecule has 2 rings (SSSR count). The Balaban J connectivity index is 1.90. The van der Waals surface area contributed by atoms with E-state index in [1.807, 2.05) is 6.20 Å². The van der Waals surface area contributed by atoms with Gasteiger partial charge < -0.3 is 5.32 Å². The first-order valence-corrected chi connectivity index (χ1v) is 7.27. The monoisotopic (exact) mass is 238 g/mol. The third-order valence-corrected chi connectivity index (χ3v) is 4.78. The van der Waals surface area contributed by atoms with E-state index in [0.717, 1.165) is 18.3 Å². The fourth-order valence-corrected chi connectivity index (χ4v) is 3.57. The zero-order valence-electron chi connectivity index (χ0n) is 10.3. The van der Waals surface area contributed by atoms with Crippen molar-refractivity contribution in [3.8, 4) is 0 Å². The van der Waals surface area contributed by atoms with Gasteiger partial charge in [-0.1, -0.05) is 19.8 Å². The van der Waals surface area contributed by atoms with Gasteiger partial charge in [-0.2, -0.15) is 0 Å². The summed E-state index contributed by atoms with van der Waals surface area (Å²) in [6, 6.07) is 0.628. The van der Waals surface area contributed by atoms with Crippen molar-refractivity contribution in [1.29, 1.82) is 0 Å². The fourth-order valence-electron chi connectivity index (χ4n) is 2.90. The molecular weight excluding hydrogens is 216 g/mol. The van der Waals surface area contributed by atoms with Gasteiger partial charge in [0.2, 0.25) is 0 Å². The molecule has 3 unspecified atom stereocenters. The summed E-state index contributed by atoms with van der Waals surface area (Å²) in [4.78, 5) is 4.39. The molecule has 3 atom stereocenters. The lowest BCUT2D eigenvalue weighted by atomic mass is 9.94. The lowest BCUT2D eigenvalue weighted by Crippen LogP contribution is -2.34. The minimum absolute atomic E-state index is 0.628. The molecule has 0 bridgehead atoms. The largest absolute Gasteiger partial charge is 0.316 e. The van der Waals surface area contributed by atoms with Crippen LogP contribution in [0.5, 0.6) is 0 Å². The quantitative estimate of drug-likeness (QED) is 0.852. The van der Waals surface area contributed by atoms with E-state index < -0.39 is 0 Å². The van der Waals surface area contributed by atoms with E-state index in [1.54, 1.807) is 11.3 Å². The highest BCUT2D eigenvalue weighted by Gasteiger charge is 2.29. The molecule has 16 heavy (non-hydrogen) atoms. The maximum absolute atomic E-state index is 4.39. The summed E-state index contributed by atoms with van der Waals surface area (Å²) in [6.07, 6.45) is 8.61. The van der Waals surface area contributed by atoms with Crippen molar-refractivity contribution >= 4 is 11.3 Å². The van der Waals surface area contributed by atoms with E-state index >= 15 is 0 Å². The van der Waals surface area contributed by atoms with Gasteiger partial charge in [0, 0.05) is 24.0 Å². The van der Waals surface area contributed by atoms with E-state index in [9.17, 15) is 0 Å². The minimum atomic E-state index is 0.628. The van der Waals surface area contributed by atoms with Crippen LogP contribution in [0.25, 0.3) is 0 Å². The number of rotatable bonds is 5. The van der Waals surface area contributed by atoms with E-state index in [-0.39, 0.29) is 0 Å². The highest BCUT2D eigenvalue weighted by Crippen LogP contribution is 2.35. The van der Waals surface area contributed by atoms with Gasteiger partial charge in [-0.3, -0.25) is 0 Å². The summed E-state index contributed by atoms with van der Waals surface area (Å²) in [7, 11) is 2.09. The number of hydrogen-bond donors (Lipinski definition) is 1. The zero-order chi connectivity index (χ0) is 11.4. The Hall–Kier alpha value is -0.410. The average molecular weight is 238 g/mol. The molecule has 0 saturated heterocycles. The zero-order valence-corrected chi connectivity index (χ0v) is 11.1. The average Bonchev–Trinajstić information content (AvgIpc) is 2.96. The topological polar surface area (TPSA) is 24.9 Å². The smallest absolute Gasteiger partial charge is 0.0940 e. The van der Waals surface area contributed by atoms with Crippen LogP contribution >= 0.6 is 11.3 Å². The van der Waals surface area contributed by atoms with Crippen LogP contribution in [0.4, 0.5) is 0 Å². The standard InChI is InChI=1S/C13H22N2S/c1-3-10-4-5-11(8-10)12(14-2)9-13-15-6-7-16-13/h6-7,10-12,14H,3-5,8-9H2,1-2H3. The predicted molar refractivity (Wildman–Crippen MR) is 69.8 cm³/mol. The van der Waals surface area contributed by atoms with Crippen molar-refractivity contribution in [1.82, 2.24) is 10.3 Å². The van der Waals surface area contributed by atoms with Crippen LogP contribution in [0.3, 0.4) is 0 Å².